The maximum atomic E-state index is 13.1. The highest BCUT2D eigenvalue weighted by atomic mass is 35.5. The van der Waals surface area contributed by atoms with Gasteiger partial charge in [0.1, 0.15) is 17.9 Å². The van der Waals surface area contributed by atoms with Crippen LogP contribution in [-0.4, -0.2) is 32.1 Å². The quantitative estimate of drug-likeness (QED) is 0.907. The highest BCUT2D eigenvalue weighted by molar-refractivity contribution is 6.32. The van der Waals surface area contributed by atoms with Gasteiger partial charge in [-0.3, -0.25) is 4.90 Å². The van der Waals surface area contributed by atoms with Crippen LogP contribution in [0.2, 0.25) is 5.02 Å². The minimum absolute atomic E-state index is 0.133. The van der Waals surface area contributed by atoms with E-state index in [0.717, 1.165) is 11.6 Å². The number of benzene rings is 1. The normalized spacial score (nSPS) is 16.8. The number of rotatable bonds is 2. The molecule has 0 radical (unpaired) electrons. The van der Waals surface area contributed by atoms with Gasteiger partial charge in [-0.2, -0.15) is 0 Å². The van der Waals surface area contributed by atoms with E-state index in [1.807, 2.05) is 0 Å². The van der Waals surface area contributed by atoms with Gasteiger partial charge in [-0.1, -0.05) is 11.6 Å². The number of amides is 1. The molecule has 8 heteroatoms. The van der Waals surface area contributed by atoms with E-state index in [2.05, 4.69) is 9.97 Å². The Kier molecular flexibility index (Phi) is 4.04. The highest BCUT2D eigenvalue weighted by Crippen LogP contribution is 2.33. The molecular formula is C15H13ClFN3O3. The Hall–Kier alpha value is -2.41. The Morgan fingerprint density at radius 1 is 1.48 bits per heavy atom. The first-order valence-electron chi connectivity index (χ1n) is 6.91. The number of halogens is 2. The monoisotopic (exact) mass is 337 g/mol. The third kappa shape index (κ3) is 3.05. The number of hydrogen-bond donors (Lipinski definition) is 1. The Morgan fingerprint density at radius 3 is 2.96 bits per heavy atom. The molecule has 1 aliphatic heterocycles. The number of aromatic nitrogens is 2. The molecule has 1 aromatic heterocycles. The van der Waals surface area contributed by atoms with Gasteiger partial charge in [0.2, 0.25) is 5.88 Å². The van der Waals surface area contributed by atoms with Crippen LogP contribution in [0, 0.1) is 5.82 Å². The lowest BCUT2D eigenvalue weighted by Crippen LogP contribution is -2.42. The average molecular weight is 338 g/mol. The molecule has 2 heterocycles. The zero-order chi connectivity index (χ0) is 16.6. The predicted octanol–water partition coefficient (Wildman–Crippen LogP) is 3.49. The number of carboxylic acid groups (broad SMARTS) is 1. The van der Waals surface area contributed by atoms with E-state index in [1.54, 1.807) is 6.92 Å². The largest absolute Gasteiger partial charge is 0.465 e. The molecule has 0 bridgehead atoms. The first kappa shape index (κ1) is 15.5. The topological polar surface area (TPSA) is 75.6 Å². The van der Waals surface area contributed by atoms with Crippen LogP contribution in [0.25, 0.3) is 0 Å². The zero-order valence-corrected chi connectivity index (χ0v) is 12.9. The molecule has 1 unspecified atom stereocenters. The summed E-state index contributed by atoms with van der Waals surface area (Å²) in [6, 6.07) is 3.59. The SMILES string of the molecule is CC1Cc2c(ncnc2Oc2ccc(F)cc2Cl)CN1C(=O)O. The molecule has 120 valence electrons. The summed E-state index contributed by atoms with van der Waals surface area (Å²) in [5.74, 6) is 0.125. The van der Waals surface area contributed by atoms with E-state index in [0.29, 0.717) is 18.0 Å². The lowest BCUT2D eigenvalue weighted by Gasteiger charge is -2.32. The summed E-state index contributed by atoms with van der Waals surface area (Å²) in [5, 5.41) is 9.33. The molecule has 0 spiro atoms. The molecule has 0 saturated heterocycles. The van der Waals surface area contributed by atoms with Crippen LogP contribution in [0.15, 0.2) is 24.5 Å². The summed E-state index contributed by atoms with van der Waals surface area (Å²) in [5.41, 5.74) is 1.33. The van der Waals surface area contributed by atoms with Crippen LogP contribution >= 0.6 is 11.6 Å². The lowest BCUT2D eigenvalue weighted by atomic mass is 10.00. The Labute approximate surface area is 136 Å². The van der Waals surface area contributed by atoms with Crippen LogP contribution in [0.5, 0.6) is 11.6 Å². The molecule has 3 rings (SSSR count). The van der Waals surface area contributed by atoms with E-state index >= 15 is 0 Å². The van der Waals surface area contributed by atoms with E-state index < -0.39 is 11.9 Å². The first-order valence-corrected chi connectivity index (χ1v) is 7.28. The van der Waals surface area contributed by atoms with Gasteiger partial charge in [0.15, 0.2) is 0 Å². The van der Waals surface area contributed by atoms with Crippen molar-refractivity contribution in [2.75, 3.05) is 0 Å². The summed E-state index contributed by atoms with van der Waals surface area (Å²) in [7, 11) is 0. The second-order valence-electron chi connectivity index (χ2n) is 5.24. The maximum Gasteiger partial charge on any atom is 0.407 e. The molecule has 0 fully saturated rings. The fraction of sp³-hybridized carbons (Fsp3) is 0.267. The fourth-order valence-electron chi connectivity index (χ4n) is 2.50. The van der Waals surface area contributed by atoms with Crippen LogP contribution in [-0.2, 0) is 13.0 Å². The van der Waals surface area contributed by atoms with Crippen molar-refractivity contribution in [3.8, 4) is 11.6 Å². The molecule has 1 atom stereocenters. The standard InChI is InChI=1S/C15H13ClFN3O3/c1-8-4-10-12(6-20(8)15(21)22)18-7-19-14(10)23-13-3-2-9(17)5-11(13)16/h2-3,5,7-8H,4,6H2,1H3,(H,21,22). The summed E-state index contributed by atoms with van der Waals surface area (Å²) < 4.78 is 18.8. The van der Waals surface area contributed by atoms with E-state index in [4.69, 9.17) is 16.3 Å². The van der Waals surface area contributed by atoms with E-state index in [-0.39, 0.29) is 23.4 Å². The predicted molar refractivity (Wildman–Crippen MR) is 80.2 cm³/mol. The number of carbonyl (C=O) groups is 1. The molecular weight excluding hydrogens is 325 g/mol. The molecule has 1 aromatic carbocycles. The second-order valence-corrected chi connectivity index (χ2v) is 5.65. The Morgan fingerprint density at radius 2 is 2.26 bits per heavy atom. The summed E-state index contributed by atoms with van der Waals surface area (Å²) in [4.78, 5) is 20.8. The number of fused-ring (bicyclic) bond motifs is 1. The van der Waals surface area contributed by atoms with Crippen molar-refractivity contribution in [1.29, 1.82) is 0 Å². The molecule has 1 aliphatic rings. The smallest absolute Gasteiger partial charge is 0.407 e. The number of ether oxygens (including phenoxy) is 1. The molecule has 23 heavy (non-hydrogen) atoms. The Balaban J connectivity index is 1.94. The molecule has 0 saturated carbocycles. The third-order valence-electron chi connectivity index (χ3n) is 3.69. The van der Waals surface area contributed by atoms with Gasteiger partial charge in [-0.15, -0.1) is 0 Å². The molecule has 2 aromatic rings. The van der Waals surface area contributed by atoms with Gasteiger partial charge >= 0.3 is 6.09 Å². The zero-order valence-electron chi connectivity index (χ0n) is 12.2. The molecule has 1 N–H and O–H groups in total. The van der Waals surface area contributed by atoms with Gasteiger partial charge < -0.3 is 9.84 Å². The van der Waals surface area contributed by atoms with Crippen molar-refractivity contribution >= 4 is 17.7 Å². The van der Waals surface area contributed by atoms with Gasteiger partial charge in [0.25, 0.3) is 0 Å². The third-order valence-corrected chi connectivity index (χ3v) is 3.99. The van der Waals surface area contributed by atoms with Gasteiger partial charge in [-0.05, 0) is 31.5 Å². The van der Waals surface area contributed by atoms with Crippen molar-refractivity contribution in [3.63, 3.8) is 0 Å². The average Bonchev–Trinajstić information content (AvgIpc) is 2.49. The molecule has 1 amide bonds. The van der Waals surface area contributed by atoms with Crippen LogP contribution < -0.4 is 4.74 Å². The number of nitrogens with zero attached hydrogens (tertiary/aromatic N) is 3. The van der Waals surface area contributed by atoms with Crippen molar-refractivity contribution in [3.05, 3.63) is 46.6 Å². The van der Waals surface area contributed by atoms with E-state index in [9.17, 15) is 14.3 Å². The van der Waals surface area contributed by atoms with Gasteiger partial charge in [-0.25, -0.2) is 19.2 Å². The fourth-order valence-corrected chi connectivity index (χ4v) is 2.71. The molecule has 6 nitrogen and oxygen atoms in total. The maximum absolute atomic E-state index is 13.1. The summed E-state index contributed by atoms with van der Waals surface area (Å²) in [6.07, 6.45) is 0.740. The van der Waals surface area contributed by atoms with Crippen molar-refractivity contribution < 1.29 is 19.0 Å². The van der Waals surface area contributed by atoms with Crippen molar-refractivity contribution in [1.82, 2.24) is 14.9 Å². The van der Waals surface area contributed by atoms with Gasteiger partial charge in [0, 0.05) is 11.6 Å². The number of hydrogen-bond acceptors (Lipinski definition) is 4. The van der Waals surface area contributed by atoms with Crippen LogP contribution in [0.4, 0.5) is 9.18 Å². The Bertz CT molecular complexity index is 772. The van der Waals surface area contributed by atoms with Crippen LogP contribution in [0.1, 0.15) is 18.2 Å². The minimum Gasteiger partial charge on any atom is -0.465 e. The minimum atomic E-state index is -0.995. The molecule has 0 aliphatic carbocycles. The first-order chi connectivity index (χ1) is 11.0. The van der Waals surface area contributed by atoms with Crippen LogP contribution in [0.3, 0.4) is 0 Å². The second kappa shape index (κ2) is 6.00. The van der Waals surface area contributed by atoms with Crippen molar-refractivity contribution in [2.24, 2.45) is 0 Å². The highest BCUT2D eigenvalue weighted by Gasteiger charge is 2.30. The van der Waals surface area contributed by atoms with Crippen molar-refractivity contribution in [2.45, 2.75) is 25.9 Å². The summed E-state index contributed by atoms with van der Waals surface area (Å²) >= 11 is 5.96. The lowest BCUT2D eigenvalue weighted by molar-refractivity contribution is 0.118. The van der Waals surface area contributed by atoms with Gasteiger partial charge in [0.05, 0.1) is 17.3 Å². The van der Waals surface area contributed by atoms with E-state index in [1.165, 1.54) is 23.4 Å². The summed E-state index contributed by atoms with van der Waals surface area (Å²) in [6.45, 7) is 1.97.